The lowest BCUT2D eigenvalue weighted by Crippen LogP contribution is -2.20. The molecule has 2 aromatic carbocycles. The smallest absolute Gasteiger partial charge is 0.416 e. The van der Waals surface area contributed by atoms with Crippen LogP contribution in [0.25, 0.3) is 11.5 Å². The molecular formula is C19H15F3N4O2. The molecular weight excluding hydrogens is 373 g/mol. The van der Waals surface area contributed by atoms with Gasteiger partial charge in [0.2, 0.25) is 17.7 Å². The fourth-order valence-electron chi connectivity index (χ4n) is 2.35. The van der Waals surface area contributed by atoms with Crippen LogP contribution in [0, 0.1) is 0 Å². The zero-order valence-corrected chi connectivity index (χ0v) is 14.5. The van der Waals surface area contributed by atoms with Crippen LogP contribution in [0.2, 0.25) is 0 Å². The summed E-state index contributed by atoms with van der Waals surface area (Å²) in [6, 6.07) is 11.7. The van der Waals surface area contributed by atoms with E-state index in [0.717, 1.165) is 18.2 Å². The number of alkyl halides is 3. The molecule has 2 N–H and O–H groups in total. The number of nitrogens with one attached hydrogen (secondary N) is 2. The predicted octanol–water partition coefficient (Wildman–Crippen LogP) is 4.30. The Bertz CT molecular complexity index is 981. The van der Waals surface area contributed by atoms with E-state index in [1.807, 2.05) is 0 Å². The third-order valence-corrected chi connectivity index (χ3v) is 3.71. The molecule has 0 aliphatic rings. The highest BCUT2D eigenvalue weighted by atomic mass is 19.4. The molecule has 0 spiro atoms. The van der Waals surface area contributed by atoms with Crippen LogP contribution in [0.15, 0.2) is 65.6 Å². The minimum atomic E-state index is -4.39. The van der Waals surface area contributed by atoms with Crippen LogP contribution in [0.5, 0.6) is 0 Å². The molecule has 1 aromatic heterocycles. The summed E-state index contributed by atoms with van der Waals surface area (Å²) in [5.41, 5.74) is 0.886. The van der Waals surface area contributed by atoms with Gasteiger partial charge in [-0.2, -0.15) is 13.2 Å². The van der Waals surface area contributed by atoms with Crippen molar-refractivity contribution in [3.63, 3.8) is 0 Å². The Morgan fingerprint density at radius 1 is 1.11 bits per heavy atom. The Balaban J connectivity index is 1.79. The van der Waals surface area contributed by atoms with Gasteiger partial charge in [0, 0.05) is 5.69 Å². The molecule has 0 aliphatic carbocycles. The van der Waals surface area contributed by atoms with Crippen molar-refractivity contribution >= 4 is 17.3 Å². The van der Waals surface area contributed by atoms with Crippen LogP contribution in [-0.2, 0) is 17.5 Å². The molecule has 0 radical (unpaired) electrons. The second kappa shape index (κ2) is 7.95. The third kappa shape index (κ3) is 4.56. The van der Waals surface area contributed by atoms with E-state index in [1.54, 1.807) is 24.3 Å². The minimum absolute atomic E-state index is 0.0480. The normalized spacial score (nSPS) is 11.1. The van der Waals surface area contributed by atoms with E-state index < -0.39 is 11.7 Å². The summed E-state index contributed by atoms with van der Waals surface area (Å²) < 4.78 is 43.6. The average molecular weight is 388 g/mol. The van der Waals surface area contributed by atoms with Crippen molar-refractivity contribution in [2.45, 2.75) is 12.7 Å². The highest BCUT2D eigenvalue weighted by molar-refractivity contribution is 5.86. The molecule has 0 bridgehead atoms. The predicted molar refractivity (Wildman–Crippen MR) is 96.5 cm³/mol. The molecule has 1 amide bonds. The molecule has 0 fully saturated rings. The molecule has 144 valence electrons. The van der Waals surface area contributed by atoms with Crippen LogP contribution >= 0.6 is 0 Å². The summed E-state index contributed by atoms with van der Waals surface area (Å²) in [5.74, 6) is 0.0384. The molecule has 0 saturated heterocycles. The van der Waals surface area contributed by atoms with Crippen molar-refractivity contribution in [3.05, 3.63) is 72.6 Å². The lowest BCUT2D eigenvalue weighted by atomic mass is 10.1. The van der Waals surface area contributed by atoms with Gasteiger partial charge >= 0.3 is 6.18 Å². The molecule has 0 unspecified atom stereocenters. The van der Waals surface area contributed by atoms with E-state index in [9.17, 15) is 18.0 Å². The molecule has 1 heterocycles. The van der Waals surface area contributed by atoms with Gasteiger partial charge in [0.25, 0.3) is 0 Å². The quantitative estimate of drug-likeness (QED) is 0.616. The summed E-state index contributed by atoms with van der Waals surface area (Å²) >= 11 is 0. The Kier molecular flexibility index (Phi) is 5.44. The SMILES string of the molecule is C=CC(=O)NCc1nnc(-c2ccccc2Nc2ccc(C(F)(F)F)cc2)o1. The summed E-state index contributed by atoms with van der Waals surface area (Å²) in [6.07, 6.45) is -3.27. The van der Waals surface area contributed by atoms with Crippen LogP contribution in [0.1, 0.15) is 11.5 Å². The first-order valence-corrected chi connectivity index (χ1v) is 8.13. The number of benzene rings is 2. The zero-order chi connectivity index (χ0) is 20.1. The maximum absolute atomic E-state index is 12.7. The van der Waals surface area contributed by atoms with Crippen molar-refractivity contribution in [2.24, 2.45) is 0 Å². The number of carbonyl (C=O) groups excluding carboxylic acids is 1. The molecule has 0 saturated carbocycles. The lowest BCUT2D eigenvalue weighted by molar-refractivity contribution is -0.137. The third-order valence-electron chi connectivity index (χ3n) is 3.71. The zero-order valence-electron chi connectivity index (χ0n) is 14.5. The summed E-state index contributed by atoms with van der Waals surface area (Å²) in [5, 5.41) is 13.4. The standard InChI is InChI=1S/C19H15F3N4O2/c1-2-16(27)23-11-17-25-26-18(28-17)14-5-3-4-6-15(14)24-13-9-7-12(8-10-13)19(20,21)22/h2-10,24H,1,11H2,(H,23,27). The summed E-state index contributed by atoms with van der Waals surface area (Å²) in [6.45, 7) is 3.39. The van der Waals surface area contributed by atoms with Gasteiger partial charge in [0.1, 0.15) is 0 Å². The van der Waals surface area contributed by atoms with Gasteiger partial charge in [-0.3, -0.25) is 4.79 Å². The number of anilines is 2. The van der Waals surface area contributed by atoms with Gasteiger partial charge in [0.15, 0.2) is 0 Å². The number of halogens is 3. The number of para-hydroxylation sites is 1. The van der Waals surface area contributed by atoms with Crippen LogP contribution in [0.3, 0.4) is 0 Å². The van der Waals surface area contributed by atoms with Crippen molar-refractivity contribution in [1.82, 2.24) is 15.5 Å². The maximum atomic E-state index is 12.7. The first-order valence-electron chi connectivity index (χ1n) is 8.13. The van der Waals surface area contributed by atoms with Gasteiger partial charge in [0.05, 0.1) is 23.4 Å². The van der Waals surface area contributed by atoms with Crippen molar-refractivity contribution in [3.8, 4) is 11.5 Å². The molecule has 0 aliphatic heterocycles. The highest BCUT2D eigenvalue weighted by Gasteiger charge is 2.29. The lowest BCUT2D eigenvalue weighted by Gasteiger charge is -2.11. The average Bonchev–Trinajstić information content (AvgIpc) is 3.15. The fourth-order valence-corrected chi connectivity index (χ4v) is 2.35. The molecule has 3 aromatic rings. The molecule has 0 atom stereocenters. The fraction of sp³-hybridized carbons (Fsp3) is 0.105. The van der Waals surface area contributed by atoms with Gasteiger partial charge < -0.3 is 15.1 Å². The van der Waals surface area contributed by atoms with Gasteiger partial charge in [-0.15, -0.1) is 10.2 Å². The number of nitrogens with zero attached hydrogens (tertiary/aromatic N) is 2. The number of amides is 1. The van der Waals surface area contributed by atoms with Crippen molar-refractivity contribution in [1.29, 1.82) is 0 Å². The summed E-state index contributed by atoms with van der Waals surface area (Å²) in [4.78, 5) is 11.2. The highest BCUT2D eigenvalue weighted by Crippen LogP contribution is 2.32. The number of hydrogen-bond acceptors (Lipinski definition) is 5. The Morgan fingerprint density at radius 2 is 1.82 bits per heavy atom. The van der Waals surface area contributed by atoms with Gasteiger partial charge in [-0.1, -0.05) is 18.7 Å². The first-order chi connectivity index (χ1) is 13.4. The van der Waals surface area contributed by atoms with Crippen molar-refractivity contribution < 1.29 is 22.4 Å². The summed E-state index contributed by atoms with van der Waals surface area (Å²) in [7, 11) is 0. The maximum Gasteiger partial charge on any atom is 0.416 e. The van der Waals surface area contributed by atoms with E-state index in [4.69, 9.17) is 4.42 Å². The van der Waals surface area contributed by atoms with E-state index in [1.165, 1.54) is 12.1 Å². The van der Waals surface area contributed by atoms with Crippen molar-refractivity contribution in [2.75, 3.05) is 5.32 Å². The number of aromatic nitrogens is 2. The Labute approximate surface area is 158 Å². The second-order valence-electron chi connectivity index (χ2n) is 5.67. The number of rotatable bonds is 6. The van der Waals surface area contributed by atoms with Crippen LogP contribution < -0.4 is 10.6 Å². The van der Waals surface area contributed by atoms with E-state index in [2.05, 4.69) is 27.4 Å². The minimum Gasteiger partial charge on any atom is -0.419 e. The first kappa shape index (κ1) is 19.2. The van der Waals surface area contributed by atoms with Crippen LogP contribution in [0.4, 0.5) is 24.5 Å². The van der Waals surface area contributed by atoms with Gasteiger partial charge in [-0.05, 0) is 42.5 Å². The number of hydrogen-bond donors (Lipinski definition) is 2. The topological polar surface area (TPSA) is 80.0 Å². The molecule has 28 heavy (non-hydrogen) atoms. The van der Waals surface area contributed by atoms with E-state index in [0.29, 0.717) is 16.9 Å². The second-order valence-corrected chi connectivity index (χ2v) is 5.67. The monoisotopic (exact) mass is 388 g/mol. The number of carbonyl (C=O) groups is 1. The Morgan fingerprint density at radius 3 is 2.50 bits per heavy atom. The molecule has 3 rings (SSSR count). The molecule has 9 heteroatoms. The van der Waals surface area contributed by atoms with Crippen LogP contribution in [-0.4, -0.2) is 16.1 Å². The van der Waals surface area contributed by atoms with Gasteiger partial charge in [-0.25, -0.2) is 0 Å². The van der Waals surface area contributed by atoms with E-state index in [-0.39, 0.29) is 24.2 Å². The molecule has 6 nitrogen and oxygen atoms in total. The van der Waals surface area contributed by atoms with E-state index >= 15 is 0 Å². The largest absolute Gasteiger partial charge is 0.419 e. The Hall–Kier alpha value is -3.62.